The van der Waals surface area contributed by atoms with E-state index in [0.29, 0.717) is 30.7 Å². The van der Waals surface area contributed by atoms with Crippen LogP contribution >= 0.6 is 0 Å². The number of ether oxygens (including phenoxy) is 2. The number of imide groups is 1. The summed E-state index contributed by atoms with van der Waals surface area (Å²) in [7, 11) is 0. The lowest BCUT2D eigenvalue weighted by atomic mass is 9.66. The van der Waals surface area contributed by atoms with Gasteiger partial charge in [0.2, 0.25) is 11.8 Å². The van der Waals surface area contributed by atoms with Crippen molar-refractivity contribution >= 4 is 28.3 Å². The van der Waals surface area contributed by atoms with Crippen molar-refractivity contribution in [3.8, 4) is 11.8 Å². The van der Waals surface area contributed by atoms with Gasteiger partial charge < -0.3 is 9.47 Å². The predicted octanol–water partition coefficient (Wildman–Crippen LogP) is 5.49. The van der Waals surface area contributed by atoms with Gasteiger partial charge in [-0.3, -0.25) is 9.59 Å². The number of hydrogen-bond acceptors (Lipinski definition) is 5. The maximum atomic E-state index is 14.1. The Labute approximate surface area is 222 Å². The highest BCUT2D eigenvalue weighted by molar-refractivity contribution is 6.26. The monoisotopic (exact) mass is 506 g/mol. The van der Waals surface area contributed by atoms with E-state index >= 15 is 0 Å². The molecule has 0 aromatic heterocycles. The number of aryl methyl sites for hydroxylation is 2. The first-order valence-electron chi connectivity index (χ1n) is 13.7. The van der Waals surface area contributed by atoms with Gasteiger partial charge in [-0.25, -0.2) is 4.90 Å². The molecule has 7 rings (SSSR count). The molecular weight excluding hydrogens is 476 g/mol. The third-order valence-electron chi connectivity index (χ3n) is 9.54. The van der Waals surface area contributed by atoms with Crippen LogP contribution in [0.2, 0.25) is 0 Å². The molecule has 2 amide bonds. The van der Waals surface area contributed by atoms with Gasteiger partial charge >= 0.3 is 0 Å². The molecule has 3 fully saturated rings. The first kappa shape index (κ1) is 23.4. The minimum Gasteiger partial charge on any atom is -0.493 e. The van der Waals surface area contributed by atoms with Crippen LogP contribution in [0.5, 0.6) is 5.75 Å². The minimum absolute atomic E-state index is 0.183. The van der Waals surface area contributed by atoms with E-state index in [0.717, 1.165) is 42.2 Å². The largest absolute Gasteiger partial charge is 0.493 e. The van der Waals surface area contributed by atoms with Crippen molar-refractivity contribution in [1.82, 2.24) is 0 Å². The number of carbonyl (C=O) groups is 2. The number of fused-ring (bicyclic) bond motifs is 7. The van der Waals surface area contributed by atoms with Crippen LogP contribution < -0.4 is 9.64 Å². The summed E-state index contributed by atoms with van der Waals surface area (Å²) >= 11 is 0. The van der Waals surface area contributed by atoms with Gasteiger partial charge in [-0.1, -0.05) is 37.3 Å². The Balaban J connectivity index is 1.21. The van der Waals surface area contributed by atoms with Gasteiger partial charge in [0.1, 0.15) is 5.75 Å². The highest BCUT2D eigenvalue weighted by Crippen LogP contribution is 2.63. The van der Waals surface area contributed by atoms with Crippen molar-refractivity contribution < 1.29 is 19.1 Å². The molecule has 0 radical (unpaired) electrons. The molecule has 0 spiro atoms. The molecule has 4 atom stereocenters. The van der Waals surface area contributed by atoms with E-state index in [1.54, 1.807) is 12.1 Å². The number of amides is 2. The number of benzene rings is 3. The van der Waals surface area contributed by atoms with Crippen LogP contribution in [0.25, 0.3) is 10.8 Å². The van der Waals surface area contributed by atoms with E-state index in [1.165, 1.54) is 22.4 Å². The summed E-state index contributed by atoms with van der Waals surface area (Å²) in [5.41, 5.74) is 2.53. The Morgan fingerprint density at radius 2 is 1.71 bits per heavy atom. The molecule has 38 heavy (non-hydrogen) atoms. The summed E-state index contributed by atoms with van der Waals surface area (Å²) in [6.45, 7) is 2.49. The standard InChI is InChI=1S/C32H30N2O4/c1-2-31-14-15-32(38-31,16-17-37-23-12-10-20-6-5-7-21(20)18-23)28-27(31)29(35)34(30(28)36)26-13-11-22(19-33)24-8-3-4-9-25(24)26/h3-4,8-13,18,27-28H,2,5-7,14-17H2,1H3/t27-,28+,31-,32-/m0/s1. The van der Waals surface area contributed by atoms with E-state index in [2.05, 4.69) is 25.1 Å². The highest BCUT2D eigenvalue weighted by Gasteiger charge is 2.74. The van der Waals surface area contributed by atoms with E-state index in [4.69, 9.17) is 9.47 Å². The summed E-state index contributed by atoms with van der Waals surface area (Å²) in [5, 5.41) is 11.1. The summed E-state index contributed by atoms with van der Waals surface area (Å²) in [4.78, 5) is 29.5. The fourth-order valence-electron chi connectivity index (χ4n) is 7.69. The fourth-order valence-corrected chi connectivity index (χ4v) is 7.69. The van der Waals surface area contributed by atoms with Crippen molar-refractivity contribution in [3.63, 3.8) is 0 Å². The second kappa shape index (κ2) is 8.41. The van der Waals surface area contributed by atoms with Gasteiger partial charge in [0.05, 0.1) is 47.0 Å². The lowest BCUT2D eigenvalue weighted by Crippen LogP contribution is -2.43. The molecule has 0 unspecified atom stereocenters. The summed E-state index contributed by atoms with van der Waals surface area (Å²) < 4.78 is 12.9. The molecule has 0 N–H and O–H groups in total. The van der Waals surface area contributed by atoms with Crippen LogP contribution in [0.4, 0.5) is 5.69 Å². The topological polar surface area (TPSA) is 79.6 Å². The molecule has 3 aromatic rings. The van der Waals surface area contributed by atoms with Gasteiger partial charge in [-0.2, -0.15) is 5.26 Å². The molecule has 3 aliphatic heterocycles. The molecule has 4 aliphatic rings. The van der Waals surface area contributed by atoms with Crippen molar-refractivity contribution in [2.75, 3.05) is 11.5 Å². The average molecular weight is 507 g/mol. The fraction of sp³-hybridized carbons (Fsp3) is 0.406. The molecule has 6 heteroatoms. The molecule has 3 saturated heterocycles. The molecule has 6 nitrogen and oxygen atoms in total. The van der Waals surface area contributed by atoms with E-state index < -0.39 is 23.0 Å². The van der Waals surface area contributed by atoms with Crippen LogP contribution in [-0.4, -0.2) is 29.6 Å². The summed E-state index contributed by atoms with van der Waals surface area (Å²) in [6.07, 6.45) is 6.19. The molecule has 2 bridgehead atoms. The minimum atomic E-state index is -0.707. The number of nitrogens with zero attached hydrogens (tertiary/aromatic N) is 2. The molecule has 3 aromatic carbocycles. The average Bonchev–Trinajstić information content (AvgIpc) is 3.69. The second-order valence-corrected chi connectivity index (χ2v) is 11.2. The number of hydrogen-bond donors (Lipinski definition) is 0. The Bertz CT molecular complexity index is 1540. The zero-order chi connectivity index (χ0) is 26.1. The molecule has 3 heterocycles. The van der Waals surface area contributed by atoms with Crippen molar-refractivity contribution in [2.45, 2.75) is 63.1 Å². The zero-order valence-corrected chi connectivity index (χ0v) is 21.5. The highest BCUT2D eigenvalue weighted by atomic mass is 16.5. The van der Waals surface area contributed by atoms with Crippen LogP contribution in [-0.2, 0) is 27.2 Å². The number of rotatable bonds is 6. The number of nitriles is 1. The van der Waals surface area contributed by atoms with Gasteiger partial charge in [-0.05, 0) is 73.9 Å². The summed E-state index contributed by atoms with van der Waals surface area (Å²) in [6, 6.07) is 19.5. The van der Waals surface area contributed by atoms with Gasteiger partial charge in [0.25, 0.3) is 0 Å². The number of carbonyl (C=O) groups excluding carboxylic acids is 2. The lowest BCUT2D eigenvalue weighted by Gasteiger charge is -2.31. The van der Waals surface area contributed by atoms with Crippen molar-refractivity contribution in [1.29, 1.82) is 5.26 Å². The zero-order valence-electron chi connectivity index (χ0n) is 21.5. The molecular formula is C32H30N2O4. The Morgan fingerprint density at radius 3 is 2.50 bits per heavy atom. The number of anilines is 1. The van der Waals surface area contributed by atoms with Crippen LogP contribution in [0, 0.1) is 23.2 Å². The summed E-state index contributed by atoms with van der Waals surface area (Å²) in [5.74, 6) is -0.541. The maximum absolute atomic E-state index is 14.1. The quantitative estimate of drug-likeness (QED) is 0.413. The van der Waals surface area contributed by atoms with Gasteiger partial charge in [0, 0.05) is 17.2 Å². The SMILES string of the molecule is CC[C@@]12CC[C@@](CCOc3ccc4c(c3)CCC4)(O1)[C@H]1C(=O)N(c3ccc(C#N)c4ccccc34)C(=O)[C@H]12. The van der Waals surface area contributed by atoms with E-state index in [1.807, 2.05) is 30.3 Å². The third kappa shape index (κ3) is 3.15. The molecule has 1 aliphatic carbocycles. The smallest absolute Gasteiger partial charge is 0.240 e. The molecule has 0 saturated carbocycles. The van der Waals surface area contributed by atoms with Gasteiger partial charge in [0.15, 0.2) is 0 Å². The first-order chi connectivity index (χ1) is 18.5. The first-order valence-corrected chi connectivity index (χ1v) is 13.7. The van der Waals surface area contributed by atoms with Crippen LogP contribution in [0.15, 0.2) is 54.6 Å². The lowest BCUT2D eigenvalue weighted by molar-refractivity contribution is -0.132. The van der Waals surface area contributed by atoms with Crippen LogP contribution in [0.3, 0.4) is 0 Å². The molecule has 192 valence electrons. The van der Waals surface area contributed by atoms with Gasteiger partial charge in [-0.15, -0.1) is 0 Å². The van der Waals surface area contributed by atoms with Crippen LogP contribution in [0.1, 0.15) is 55.7 Å². The normalized spacial score (nSPS) is 29.1. The third-order valence-corrected chi connectivity index (χ3v) is 9.54. The van der Waals surface area contributed by atoms with Crippen molar-refractivity contribution in [2.24, 2.45) is 11.8 Å². The maximum Gasteiger partial charge on any atom is 0.240 e. The second-order valence-electron chi connectivity index (χ2n) is 11.2. The Hall–Kier alpha value is -3.69. The van der Waals surface area contributed by atoms with Crippen molar-refractivity contribution in [3.05, 3.63) is 71.3 Å². The van der Waals surface area contributed by atoms with E-state index in [-0.39, 0.29) is 11.8 Å². The van der Waals surface area contributed by atoms with E-state index in [9.17, 15) is 14.9 Å². The Kier molecular flexibility index (Phi) is 5.18. The Morgan fingerprint density at radius 1 is 0.974 bits per heavy atom. The predicted molar refractivity (Wildman–Crippen MR) is 143 cm³/mol.